The van der Waals surface area contributed by atoms with Crippen LogP contribution >= 0.6 is 11.8 Å². The lowest BCUT2D eigenvalue weighted by atomic mass is 10.0. The second-order valence-corrected chi connectivity index (χ2v) is 5.30. The van der Waals surface area contributed by atoms with E-state index < -0.39 is 12.0 Å². The first kappa shape index (κ1) is 8.87. The van der Waals surface area contributed by atoms with E-state index in [9.17, 15) is 4.79 Å². The third-order valence-electron chi connectivity index (χ3n) is 1.82. The molecule has 11 heavy (non-hydrogen) atoms. The van der Waals surface area contributed by atoms with E-state index in [4.69, 9.17) is 5.11 Å². The molecule has 1 saturated heterocycles. The van der Waals surface area contributed by atoms with Gasteiger partial charge in [0.25, 0.3) is 0 Å². The molecule has 2 N–H and O–H groups in total. The zero-order valence-corrected chi connectivity index (χ0v) is 7.73. The Bertz CT molecular complexity index is 181. The lowest BCUT2D eigenvalue weighted by Gasteiger charge is -2.20. The number of hydrogen-bond donors (Lipinski definition) is 2. The average molecular weight is 175 g/mol. The van der Waals surface area contributed by atoms with Crippen LogP contribution in [-0.4, -0.2) is 27.2 Å². The maximum Gasteiger partial charge on any atom is 0.322 e. The molecule has 0 amide bonds. The molecule has 0 spiro atoms. The fraction of sp³-hybridized carbons (Fsp3) is 0.857. The van der Waals surface area contributed by atoms with Crippen molar-refractivity contribution in [2.24, 2.45) is 0 Å². The second-order valence-electron chi connectivity index (χ2n) is 3.30. The van der Waals surface area contributed by atoms with Gasteiger partial charge in [-0.2, -0.15) is 0 Å². The monoisotopic (exact) mass is 175 g/mol. The third kappa shape index (κ3) is 1.68. The first-order valence-electron chi connectivity index (χ1n) is 3.60. The molecule has 0 radical (unpaired) electrons. The number of carboxylic acid groups (broad SMARTS) is 1. The molecule has 0 saturated carbocycles. The highest BCUT2D eigenvalue weighted by molar-refractivity contribution is 8.01. The molecule has 2 atom stereocenters. The van der Waals surface area contributed by atoms with Crippen molar-refractivity contribution >= 4 is 17.7 Å². The number of hydrogen-bond acceptors (Lipinski definition) is 3. The normalized spacial score (nSPS) is 35.5. The van der Waals surface area contributed by atoms with E-state index in [-0.39, 0.29) is 10.1 Å². The SMILES string of the molecule is CC1N[C@@H](C(=O)O)C(C)(C)S1. The molecule has 1 rings (SSSR count). The summed E-state index contributed by atoms with van der Waals surface area (Å²) >= 11 is 1.67. The zero-order valence-electron chi connectivity index (χ0n) is 6.92. The van der Waals surface area contributed by atoms with E-state index in [1.807, 2.05) is 20.8 Å². The van der Waals surface area contributed by atoms with Gasteiger partial charge in [0.2, 0.25) is 0 Å². The molecule has 64 valence electrons. The minimum Gasteiger partial charge on any atom is -0.480 e. The standard InChI is InChI=1S/C7H13NO2S/c1-4-8-5(6(9)10)7(2,3)11-4/h4-5,8H,1-3H3,(H,9,10)/t4?,5-/m0/s1. The van der Waals surface area contributed by atoms with E-state index in [1.165, 1.54) is 0 Å². The highest BCUT2D eigenvalue weighted by Gasteiger charge is 2.43. The smallest absolute Gasteiger partial charge is 0.322 e. The van der Waals surface area contributed by atoms with Crippen molar-refractivity contribution in [1.82, 2.24) is 5.32 Å². The summed E-state index contributed by atoms with van der Waals surface area (Å²) in [4.78, 5) is 10.7. The molecule has 1 aliphatic heterocycles. The Kier molecular flexibility index (Phi) is 2.16. The van der Waals surface area contributed by atoms with Crippen molar-refractivity contribution in [2.45, 2.75) is 36.9 Å². The van der Waals surface area contributed by atoms with Gasteiger partial charge in [0.15, 0.2) is 0 Å². The van der Waals surface area contributed by atoms with E-state index in [2.05, 4.69) is 5.32 Å². The lowest BCUT2D eigenvalue weighted by molar-refractivity contribution is -0.139. The molecular formula is C7H13NO2S. The maximum atomic E-state index is 10.7. The quantitative estimate of drug-likeness (QED) is 0.621. The lowest BCUT2D eigenvalue weighted by Crippen LogP contribution is -2.44. The number of nitrogens with one attached hydrogen (secondary N) is 1. The Balaban J connectivity index is 2.74. The third-order valence-corrected chi connectivity index (χ3v) is 3.16. The van der Waals surface area contributed by atoms with Crippen molar-refractivity contribution in [3.63, 3.8) is 0 Å². The molecule has 0 aliphatic carbocycles. The number of rotatable bonds is 1. The summed E-state index contributed by atoms with van der Waals surface area (Å²) in [5, 5.41) is 12.0. The van der Waals surface area contributed by atoms with E-state index in [0.717, 1.165) is 0 Å². The van der Waals surface area contributed by atoms with Crippen LogP contribution in [0.5, 0.6) is 0 Å². The van der Waals surface area contributed by atoms with Crippen LogP contribution in [0.4, 0.5) is 0 Å². The first-order chi connectivity index (χ1) is 4.93. The molecule has 1 unspecified atom stereocenters. The van der Waals surface area contributed by atoms with Gasteiger partial charge in [-0.25, -0.2) is 0 Å². The second kappa shape index (κ2) is 2.68. The highest BCUT2D eigenvalue weighted by atomic mass is 32.2. The van der Waals surface area contributed by atoms with Crippen LogP contribution in [0.1, 0.15) is 20.8 Å². The average Bonchev–Trinajstić information content (AvgIpc) is 2.04. The van der Waals surface area contributed by atoms with Gasteiger partial charge in [0, 0.05) is 4.75 Å². The molecule has 3 nitrogen and oxygen atoms in total. The maximum absolute atomic E-state index is 10.7. The van der Waals surface area contributed by atoms with Gasteiger partial charge < -0.3 is 5.11 Å². The van der Waals surface area contributed by atoms with Crippen molar-refractivity contribution in [2.75, 3.05) is 0 Å². The first-order valence-corrected chi connectivity index (χ1v) is 4.48. The summed E-state index contributed by atoms with van der Waals surface area (Å²) in [5.41, 5.74) is 0. The largest absolute Gasteiger partial charge is 0.480 e. The summed E-state index contributed by atoms with van der Waals surface area (Å²) < 4.78 is -0.189. The van der Waals surface area contributed by atoms with Crippen LogP contribution in [-0.2, 0) is 4.79 Å². The molecular weight excluding hydrogens is 162 g/mol. The summed E-state index contributed by atoms with van der Waals surface area (Å²) in [7, 11) is 0. The van der Waals surface area contributed by atoms with Crippen LogP contribution in [0.3, 0.4) is 0 Å². The molecule has 0 aromatic rings. The number of carbonyl (C=O) groups is 1. The molecule has 1 fully saturated rings. The minimum atomic E-state index is -0.758. The van der Waals surface area contributed by atoms with Crippen molar-refractivity contribution < 1.29 is 9.90 Å². The Morgan fingerprint density at radius 2 is 2.18 bits per heavy atom. The number of thioether (sulfide) groups is 1. The van der Waals surface area contributed by atoms with Gasteiger partial charge in [0.1, 0.15) is 6.04 Å². The van der Waals surface area contributed by atoms with Crippen molar-refractivity contribution in [1.29, 1.82) is 0 Å². The van der Waals surface area contributed by atoms with Crippen molar-refractivity contribution in [3.05, 3.63) is 0 Å². The summed E-state index contributed by atoms with van der Waals surface area (Å²) in [6.45, 7) is 5.88. The Morgan fingerprint density at radius 3 is 2.36 bits per heavy atom. The van der Waals surface area contributed by atoms with E-state index in [0.29, 0.717) is 0 Å². The molecule has 1 aliphatic rings. The van der Waals surface area contributed by atoms with Gasteiger partial charge in [-0.15, -0.1) is 11.8 Å². The summed E-state index contributed by atoms with van der Waals surface area (Å²) in [6, 6.07) is -0.414. The zero-order chi connectivity index (χ0) is 8.65. The summed E-state index contributed by atoms with van der Waals surface area (Å²) in [6.07, 6.45) is 0. The van der Waals surface area contributed by atoms with Crippen LogP contribution in [0.15, 0.2) is 0 Å². The molecule has 0 bridgehead atoms. The molecule has 1 heterocycles. The molecule has 4 heteroatoms. The van der Waals surface area contributed by atoms with Crippen LogP contribution in [0.2, 0.25) is 0 Å². The van der Waals surface area contributed by atoms with Gasteiger partial charge in [-0.05, 0) is 20.8 Å². The number of carboxylic acids is 1. The van der Waals surface area contributed by atoms with Crippen LogP contribution in [0, 0.1) is 0 Å². The minimum absolute atomic E-state index is 0.189. The predicted molar refractivity (Wildman–Crippen MR) is 45.7 cm³/mol. The van der Waals surface area contributed by atoms with Crippen molar-refractivity contribution in [3.8, 4) is 0 Å². The Labute approximate surface area is 70.6 Å². The summed E-state index contributed by atoms with van der Waals surface area (Å²) in [5.74, 6) is -0.758. The predicted octanol–water partition coefficient (Wildman–Crippen LogP) is 0.901. The highest BCUT2D eigenvalue weighted by Crippen LogP contribution is 2.37. The van der Waals surface area contributed by atoms with Gasteiger partial charge in [-0.1, -0.05) is 0 Å². The Hall–Kier alpha value is -0.220. The van der Waals surface area contributed by atoms with Crippen LogP contribution < -0.4 is 5.32 Å². The van der Waals surface area contributed by atoms with E-state index in [1.54, 1.807) is 11.8 Å². The topological polar surface area (TPSA) is 49.3 Å². The number of aliphatic carboxylic acids is 1. The van der Waals surface area contributed by atoms with Gasteiger partial charge in [-0.3, -0.25) is 10.1 Å². The fourth-order valence-corrected chi connectivity index (χ4v) is 2.78. The molecule has 0 aromatic carbocycles. The Morgan fingerprint density at radius 1 is 1.64 bits per heavy atom. The van der Waals surface area contributed by atoms with Crippen LogP contribution in [0.25, 0.3) is 0 Å². The van der Waals surface area contributed by atoms with E-state index >= 15 is 0 Å². The van der Waals surface area contributed by atoms with Gasteiger partial charge in [0.05, 0.1) is 5.37 Å². The molecule has 0 aromatic heterocycles. The van der Waals surface area contributed by atoms with Gasteiger partial charge >= 0.3 is 5.97 Å². The fourth-order valence-electron chi connectivity index (χ4n) is 1.36.